The van der Waals surface area contributed by atoms with Crippen molar-refractivity contribution in [2.24, 2.45) is 7.05 Å². The van der Waals surface area contributed by atoms with E-state index in [1.54, 1.807) is 16.9 Å². The van der Waals surface area contributed by atoms with Gasteiger partial charge in [0.1, 0.15) is 0 Å². The summed E-state index contributed by atoms with van der Waals surface area (Å²) in [6, 6.07) is 1.62. The highest BCUT2D eigenvalue weighted by Crippen LogP contribution is 2.29. The van der Waals surface area contributed by atoms with Gasteiger partial charge in [0.25, 0.3) is 0 Å². The van der Waals surface area contributed by atoms with Crippen molar-refractivity contribution in [3.05, 3.63) is 44.4 Å². The lowest BCUT2D eigenvalue weighted by Gasteiger charge is -2.17. The summed E-state index contributed by atoms with van der Waals surface area (Å²) < 4.78 is 1.78. The van der Waals surface area contributed by atoms with Gasteiger partial charge in [-0.15, -0.1) is 0 Å². The summed E-state index contributed by atoms with van der Waals surface area (Å²) >= 11 is 18.4. The zero-order valence-corrected chi connectivity index (χ0v) is 13.7. The van der Waals surface area contributed by atoms with Crippen LogP contribution in [0.25, 0.3) is 0 Å². The van der Waals surface area contributed by atoms with Crippen molar-refractivity contribution in [2.45, 2.75) is 19.4 Å². The first kappa shape index (κ1) is 15.6. The Kier molecular flexibility index (Phi) is 4.91. The van der Waals surface area contributed by atoms with Gasteiger partial charge in [-0.25, -0.2) is 0 Å². The van der Waals surface area contributed by atoms with Crippen LogP contribution in [-0.2, 0) is 13.5 Å². The Morgan fingerprint density at radius 1 is 1.35 bits per heavy atom. The molecule has 1 atom stereocenters. The van der Waals surface area contributed by atoms with Crippen LogP contribution in [0.15, 0.2) is 12.3 Å². The number of aromatic nitrogens is 3. The average molecular weight is 334 g/mol. The lowest BCUT2D eigenvalue weighted by atomic mass is 10.1. The van der Waals surface area contributed by atoms with Gasteiger partial charge in [-0.05, 0) is 20.0 Å². The predicted octanol–water partition coefficient (Wildman–Crippen LogP) is 3.59. The summed E-state index contributed by atoms with van der Waals surface area (Å²) in [5.74, 6) is 0. The van der Waals surface area contributed by atoms with Gasteiger partial charge in [-0.2, -0.15) is 5.10 Å². The van der Waals surface area contributed by atoms with E-state index in [1.165, 1.54) is 0 Å². The van der Waals surface area contributed by atoms with E-state index in [9.17, 15) is 0 Å². The van der Waals surface area contributed by atoms with Crippen LogP contribution >= 0.6 is 34.8 Å². The first-order chi connectivity index (χ1) is 9.43. The largest absolute Gasteiger partial charge is 0.311 e. The molecule has 108 valence electrons. The zero-order valence-electron chi connectivity index (χ0n) is 11.4. The van der Waals surface area contributed by atoms with Crippen LogP contribution in [0.2, 0.25) is 15.1 Å². The van der Waals surface area contributed by atoms with Crippen molar-refractivity contribution in [1.82, 2.24) is 20.1 Å². The number of aryl methyl sites for hydroxylation is 2. The summed E-state index contributed by atoms with van der Waals surface area (Å²) in [5.41, 5.74) is 2.50. The number of halogens is 3. The van der Waals surface area contributed by atoms with Gasteiger partial charge in [0.05, 0.1) is 38.2 Å². The van der Waals surface area contributed by atoms with E-state index in [0.29, 0.717) is 21.5 Å². The number of likely N-dealkylation sites (N-methyl/N-ethyl adjacent to an activating group) is 1. The summed E-state index contributed by atoms with van der Waals surface area (Å²) in [4.78, 5) is 4.31. The fourth-order valence-electron chi connectivity index (χ4n) is 2.11. The summed E-state index contributed by atoms with van der Waals surface area (Å²) in [6.07, 6.45) is 2.23. The third-order valence-electron chi connectivity index (χ3n) is 3.17. The molecule has 2 aromatic rings. The Morgan fingerprint density at radius 2 is 2.05 bits per heavy atom. The molecule has 0 aliphatic rings. The topological polar surface area (TPSA) is 42.7 Å². The Hall–Kier alpha value is -0.810. The maximum atomic E-state index is 6.28. The number of rotatable bonds is 4. The lowest BCUT2D eigenvalue weighted by Crippen LogP contribution is -2.21. The van der Waals surface area contributed by atoms with Gasteiger partial charge in [0.15, 0.2) is 0 Å². The zero-order chi connectivity index (χ0) is 14.9. The smallest absolute Gasteiger partial charge is 0.0847 e. The highest BCUT2D eigenvalue weighted by molar-refractivity contribution is 6.34. The molecule has 0 spiro atoms. The monoisotopic (exact) mass is 332 g/mol. The van der Waals surface area contributed by atoms with Crippen molar-refractivity contribution in [2.75, 3.05) is 7.05 Å². The molecule has 0 radical (unpaired) electrons. The fourth-order valence-corrected chi connectivity index (χ4v) is 2.86. The fraction of sp³-hybridized carbons (Fsp3) is 0.385. The molecule has 2 aromatic heterocycles. The third-order valence-corrected chi connectivity index (χ3v) is 4.17. The Labute approximate surface area is 133 Å². The molecular weight excluding hydrogens is 319 g/mol. The quantitative estimate of drug-likeness (QED) is 0.930. The summed E-state index contributed by atoms with van der Waals surface area (Å²) in [7, 11) is 3.73. The number of nitrogens with one attached hydrogen (secondary N) is 1. The van der Waals surface area contributed by atoms with Crippen molar-refractivity contribution in [3.8, 4) is 0 Å². The van der Waals surface area contributed by atoms with Crippen LogP contribution in [0.5, 0.6) is 0 Å². The molecule has 0 fully saturated rings. The summed E-state index contributed by atoms with van der Waals surface area (Å²) in [6.45, 7) is 1.88. The van der Waals surface area contributed by atoms with Crippen molar-refractivity contribution >= 4 is 34.8 Å². The lowest BCUT2D eigenvalue weighted by molar-refractivity contribution is 0.549. The van der Waals surface area contributed by atoms with Gasteiger partial charge >= 0.3 is 0 Å². The molecule has 0 bridgehead atoms. The highest BCUT2D eigenvalue weighted by atomic mass is 35.5. The minimum absolute atomic E-state index is 0.0629. The molecule has 0 saturated carbocycles. The SMILES string of the molecule is CNC(Cc1c(Cl)c(C)nn1C)c1ncc(Cl)cc1Cl. The average Bonchev–Trinajstić information content (AvgIpc) is 2.62. The van der Waals surface area contributed by atoms with Crippen LogP contribution in [0.3, 0.4) is 0 Å². The first-order valence-electron chi connectivity index (χ1n) is 6.10. The Balaban J connectivity index is 2.33. The number of nitrogens with zero attached hydrogens (tertiary/aromatic N) is 3. The Morgan fingerprint density at radius 3 is 2.55 bits per heavy atom. The van der Waals surface area contributed by atoms with E-state index in [4.69, 9.17) is 34.8 Å². The van der Waals surface area contributed by atoms with Crippen LogP contribution in [0.4, 0.5) is 0 Å². The Bertz CT molecular complexity index is 624. The molecule has 2 heterocycles. The second-order valence-corrected chi connectivity index (χ2v) is 5.76. The van der Waals surface area contributed by atoms with Gasteiger partial charge < -0.3 is 5.32 Å². The van der Waals surface area contributed by atoms with Gasteiger partial charge in [0.2, 0.25) is 0 Å². The standard InChI is InChI=1S/C13H15Cl3N4/c1-7-12(16)11(20(3)19-7)5-10(17-2)13-9(15)4-8(14)6-18-13/h4,6,10,17H,5H2,1-3H3. The molecule has 7 heteroatoms. The van der Waals surface area contributed by atoms with Crippen molar-refractivity contribution in [3.63, 3.8) is 0 Å². The molecule has 4 nitrogen and oxygen atoms in total. The molecule has 1 unspecified atom stereocenters. The maximum Gasteiger partial charge on any atom is 0.0847 e. The molecule has 0 amide bonds. The molecule has 0 aliphatic carbocycles. The normalized spacial score (nSPS) is 12.7. The number of hydrogen-bond acceptors (Lipinski definition) is 3. The van der Waals surface area contributed by atoms with E-state index in [-0.39, 0.29) is 6.04 Å². The van der Waals surface area contributed by atoms with E-state index in [1.807, 2.05) is 21.0 Å². The van der Waals surface area contributed by atoms with Gasteiger partial charge in [0, 0.05) is 19.7 Å². The minimum atomic E-state index is -0.0629. The number of pyridine rings is 1. The van der Waals surface area contributed by atoms with Gasteiger partial charge in [-0.3, -0.25) is 9.67 Å². The van der Waals surface area contributed by atoms with E-state index in [0.717, 1.165) is 17.1 Å². The van der Waals surface area contributed by atoms with Crippen molar-refractivity contribution in [1.29, 1.82) is 0 Å². The maximum absolute atomic E-state index is 6.28. The van der Waals surface area contributed by atoms with Crippen LogP contribution < -0.4 is 5.32 Å². The van der Waals surface area contributed by atoms with Crippen LogP contribution in [0.1, 0.15) is 23.1 Å². The highest BCUT2D eigenvalue weighted by Gasteiger charge is 2.20. The first-order valence-corrected chi connectivity index (χ1v) is 7.23. The second kappa shape index (κ2) is 6.31. The molecule has 0 aliphatic heterocycles. The molecular formula is C13H15Cl3N4. The summed E-state index contributed by atoms with van der Waals surface area (Å²) in [5, 5.41) is 9.24. The molecule has 0 saturated heterocycles. The van der Waals surface area contributed by atoms with Crippen LogP contribution in [-0.4, -0.2) is 21.8 Å². The van der Waals surface area contributed by atoms with Crippen LogP contribution in [0, 0.1) is 6.92 Å². The second-order valence-electron chi connectivity index (χ2n) is 4.54. The predicted molar refractivity (Wildman–Crippen MR) is 82.7 cm³/mol. The molecule has 20 heavy (non-hydrogen) atoms. The minimum Gasteiger partial charge on any atom is -0.311 e. The van der Waals surface area contributed by atoms with Crippen molar-refractivity contribution < 1.29 is 0 Å². The van der Waals surface area contributed by atoms with E-state index in [2.05, 4.69) is 15.4 Å². The van der Waals surface area contributed by atoms with Gasteiger partial charge in [-0.1, -0.05) is 34.8 Å². The molecule has 1 N–H and O–H groups in total. The van der Waals surface area contributed by atoms with E-state index < -0.39 is 0 Å². The number of hydrogen-bond donors (Lipinski definition) is 1. The van der Waals surface area contributed by atoms with E-state index >= 15 is 0 Å². The molecule has 0 aromatic carbocycles. The molecule has 2 rings (SSSR count). The third kappa shape index (κ3) is 3.09.